The van der Waals surface area contributed by atoms with E-state index in [9.17, 15) is 0 Å². The van der Waals surface area contributed by atoms with Crippen LogP contribution >= 0.6 is 0 Å². The van der Waals surface area contributed by atoms with E-state index < -0.39 is 0 Å². The third-order valence-corrected chi connectivity index (χ3v) is 3.10. The van der Waals surface area contributed by atoms with Gasteiger partial charge in [0.25, 0.3) is 0 Å². The molecule has 0 amide bonds. The predicted molar refractivity (Wildman–Crippen MR) is 85.1 cm³/mol. The second-order valence-electron chi connectivity index (χ2n) is 4.70. The summed E-state index contributed by atoms with van der Waals surface area (Å²) >= 11 is 0. The Labute approximate surface area is 128 Å². The van der Waals surface area contributed by atoms with E-state index in [0.717, 1.165) is 44.2 Å². The van der Waals surface area contributed by atoms with Gasteiger partial charge in [0, 0.05) is 20.2 Å². The van der Waals surface area contributed by atoms with Crippen LogP contribution in [0.1, 0.15) is 13.3 Å². The zero-order valence-corrected chi connectivity index (χ0v) is 13.2. The van der Waals surface area contributed by atoms with Crippen LogP contribution in [0.15, 0.2) is 24.3 Å². The first-order valence-electron chi connectivity index (χ1n) is 7.57. The molecule has 1 rings (SSSR count). The molecule has 1 aromatic carbocycles. The molecule has 0 aliphatic carbocycles. The van der Waals surface area contributed by atoms with E-state index in [0.29, 0.717) is 19.8 Å². The van der Waals surface area contributed by atoms with E-state index in [-0.39, 0.29) is 0 Å². The minimum Gasteiger partial charge on any atom is -0.490 e. The summed E-state index contributed by atoms with van der Waals surface area (Å²) in [6.07, 6.45) is 0.985. The number of benzene rings is 1. The third-order valence-electron chi connectivity index (χ3n) is 3.10. The minimum absolute atomic E-state index is 0.623. The van der Waals surface area contributed by atoms with Crippen LogP contribution in [-0.2, 0) is 4.74 Å². The largest absolute Gasteiger partial charge is 0.490 e. The number of nitrogens with zero attached hydrogens (tertiary/aromatic N) is 1. The summed E-state index contributed by atoms with van der Waals surface area (Å²) in [6, 6.07) is 7.76. The van der Waals surface area contributed by atoms with Crippen LogP contribution in [0, 0.1) is 0 Å². The monoisotopic (exact) mass is 296 g/mol. The van der Waals surface area contributed by atoms with Crippen LogP contribution in [-0.4, -0.2) is 58.0 Å². The molecule has 1 aromatic rings. The first-order valence-corrected chi connectivity index (χ1v) is 7.57. The lowest BCUT2D eigenvalue weighted by Crippen LogP contribution is -2.33. The topological polar surface area (TPSA) is 57.0 Å². The van der Waals surface area contributed by atoms with Crippen molar-refractivity contribution >= 4 is 0 Å². The summed E-state index contributed by atoms with van der Waals surface area (Å²) in [5, 5.41) is 0. The summed E-state index contributed by atoms with van der Waals surface area (Å²) in [5.41, 5.74) is 5.57. The van der Waals surface area contributed by atoms with Crippen molar-refractivity contribution in [2.75, 3.05) is 53.1 Å². The number of hydrogen-bond donors (Lipinski definition) is 1. The van der Waals surface area contributed by atoms with Gasteiger partial charge in [-0.25, -0.2) is 0 Å². The highest BCUT2D eigenvalue weighted by Crippen LogP contribution is 2.26. The summed E-state index contributed by atoms with van der Waals surface area (Å²) in [6.45, 7) is 7.37. The molecule has 0 aliphatic rings. The van der Waals surface area contributed by atoms with Crippen molar-refractivity contribution in [3.05, 3.63) is 24.3 Å². The van der Waals surface area contributed by atoms with Gasteiger partial charge in [-0.3, -0.25) is 4.90 Å². The molecule has 0 bridgehead atoms. The normalized spacial score (nSPS) is 10.9. The molecule has 5 heteroatoms. The molecule has 0 atom stereocenters. The van der Waals surface area contributed by atoms with Crippen molar-refractivity contribution in [1.82, 2.24) is 4.90 Å². The second-order valence-corrected chi connectivity index (χ2v) is 4.70. The fourth-order valence-electron chi connectivity index (χ4n) is 2.00. The average Bonchev–Trinajstić information content (AvgIpc) is 2.51. The van der Waals surface area contributed by atoms with Gasteiger partial charge in [-0.15, -0.1) is 0 Å². The van der Waals surface area contributed by atoms with Crippen LogP contribution in [0.5, 0.6) is 11.5 Å². The molecule has 0 spiro atoms. The molecule has 0 saturated carbocycles. The molecular weight excluding hydrogens is 268 g/mol. The van der Waals surface area contributed by atoms with Gasteiger partial charge in [0.2, 0.25) is 0 Å². The first-order chi connectivity index (χ1) is 10.3. The lowest BCUT2D eigenvalue weighted by atomic mass is 10.3. The Morgan fingerprint density at radius 2 is 1.67 bits per heavy atom. The van der Waals surface area contributed by atoms with E-state index in [1.807, 2.05) is 31.2 Å². The van der Waals surface area contributed by atoms with Gasteiger partial charge in [-0.2, -0.15) is 0 Å². The number of ether oxygens (including phenoxy) is 3. The molecule has 21 heavy (non-hydrogen) atoms. The Kier molecular flexibility index (Phi) is 9.61. The van der Waals surface area contributed by atoms with Crippen molar-refractivity contribution in [3.63, 3.8) is 0 Å². The SMILES string of the molecule is CCOc1ccccc1OCCN(CCCN)CCOC. The third kappa shape index (κ3) is 7.32. The van der Waals surface area contributed by atoms with E-state index in [1.54, 1.807) is 7.11 Å². The molecular formula is C16H28N2O3. The highest BCUT2D eigenvalue weighted by atomic mass is 16.5. The Hall–Kier alpha value is -1.30. The van der Waals surface area contributed by atoms with Crippen molar-refractivity contribution in [3.8, 4) is 11.5 Å². The molecule has 0 aliphatic heterocycles. The Morgan fingerprint density at radius 1 is 1.00 bits per heavy atom. The summed E-state index contributed by atoms with van der Waals surface area (Å²) in [7, 11) is 1.72. The number of nitrogens with two attached hydrogens (primary N) is 1. The Morgan fingerprint density at radius 3 is 2.29 bits per heavy atom. The maximum absolute atomic E-state index is 5.84. The standard InChI is InChI=1S/C16H28N2O3/c1-3-20-15-7-4-5-8-16(15)21-14-12-18(10-6-9-17)11-13-19-2/h4-5,7-8H,3,6,9-14,17H2,1-2H3. The number of rotatable bonds is 12. The van der Waals surface area contributed by atoms with Crippen molar-refractivity contribution in [2.45, 2.75) is 13.3 Å². The first kappa shape index (κ1) is 17.8. The molecule has 5 nitrogen and oxygen atoms in total. The van der Waals surface area contributed by atoms with Gasteiger partial charge in [0.1, 0.15) is 6.61 Å². The van der Waals surface area contributed by atoms with Gasteiger partial charge in [-0.05, 0) is 38.6 Å². The minimum atomic E-state index is 0.623. The van der Waals surface area contributed by atoms with Crippen LogP contribution in [0.4, 0.5) is 0 Å². The molecule has 0 saturated heterocycles. The molecule has 120 valence electrons. The highest BCUT2D eigenvalue weighted by Gasteiger charge is 2.07. The van der Waals surface area contributed by atoms with Gasteiger partial charge in [0.15, 0.2) is 11.5 Å². The Bertz CT molecular complexity index is 366. The zero-order chi connectivity index (χ0) is 15.3. The van der Waals surface area contributed by atoms with Crippen LogP contribution < -0.4 is 15.2 Å². The van der Waals surface area contributed by atoms with Gasteiger partial charge in [0.05, 0.1) is 13.2 Å². The molecule has 0 unspecified atom stereocenters. The number of methoxy groups -OCH3 is 1. The average molecular weight is 296 g/mol. The quantitative estimate of drug-likeness (QED) is 0.637. The Balaban J connectivity index is 2.41. The summed E-state index contributed by atoms with van der Waals surface area (Å²) in [5.74, 6) is 1.59. The van der Waals surface area contributed by atoms with E-state index in [4.69, 9.17) is 19.9 Å². The van der Waals surface area contributed by atoms with Crippen molar-refractivity contribution < 1.29 is 14.2 Å². The fourth-order valence-corrected chi connectivity index (χ4v) is 2.00. The predicted octanol–water partition coefficient (Wildman–Crippen LogP) is 1.76. The molecule has 2 N–H and O–H groups in total. The molecule has 0 fully saturated rings. The van der Waals surface area contributed by atoms with Crippen molar-refractivity contribution in [2.24, 2.45) is 5.73 Å². The number of para-hydroxylation sites is 2. The summed E-state index contributed by atoms with van der Waals surface area (Å²) < 4.78 is 16.5. The van der Waals surface area contributed by atoms with E-state index >= 15 is 0 Å². The fraction of sp³-hybridized carbons (Fsp3) is 0.625. The molecule has 0 radical (unpaired) electrons. The number of hydrogen-bond acceptors (Lipinski definition) is 5. The van der Waals surface area contributed by atoms with Crippen LogP contribution in [0.25, 0.3) is 0 Å². The van der Waals surface area contributed by atoms with E-state index in [1.165, 1.54) is 0 Å². The van der Waals surface area contributed by atoms with Gasteiger partial charge < -0.3 is 19.9 Å². The van der Waals surface area contributed by atoms with Gasteiger partial charge in [-0.1, -0.05) is 12.1 Å². The lowest BCUT2D eigenvalue weighted by molar-refractivity contribution is 0.133. The maximum atomic E-state index is 5.84. The van der Waals surface area contributed by atoms with E-state index in [2.05, 4.69) is 4.90 Å². The second kappa shape index (κ2) is 11.4. The van der Waals surface area contributed by atoms with Crippen molar-refractivity contribution in [1.29, 1.82) is 0 Å². The summed E-state index contributed by atoms with van der Waals surface area (Å²) in [4.78, 5) is 2.31. The molecule has 0 aromatic heterocycles. The highest BCUT2D eigenvalue weighted by molar-refractivity contribution is 5.39. The van der Waals surface area contributed by atoms with Gasteiger partial charge >= 0.3 is 0 Å². The van der Waals surface area contributed by atoms with Crippen LogP contribution in [0.2, 0.25) is 0 Å². The van der Waals surface area contributed by atoms with Crippen LogP contribution in [0.3, 0.4) is 0 Å². The smallest absolute Gasteiger partial charge is 0.161 e. The zero-order valence-electron chi connectivity index (χ0n) is 13.2. The molecule has 0 heterocycles. The lowest BCUT2D eigenvalue weighted by Gasteiger charge is -2.22. The maximum Gasteiger partial charge on any atom is 0.161 e.